The van der Waals surface area contributed by atoms with Crippen molar-refractivity contribution in [3.63, 3.8) is 0 Å². The molecule has 12 heavy (non-hydrogen) atoms. The molecule has 72 valence electrons. The third-order valence-corrected chi connectivity index (χ3v) is 1.67. The fraction of sp³-hybridized carbons (Fsp3) is 0.778. The van der Waals surface area contributed by atoms with Crippen molar-refractivity contribution in [3.8, 4) is 0 Å². The number of alkyl halides is 3. The van der Waals surface area contributed by atoms with Crippen LogP contribution in [-0.2, 0) is 0 Å². The molecule has 0 saturated heterocycles. The second kappa shape index (κ2) is 5.22. The Bertz CT molecular complexity index is 135. The first-order valence-electron chi connectivity index (χ1n) is 4.21. The van der Waals surface area contributed by atoms with Crippen LogP contribution in [0.25, 0.3) is 0 Å². The maximum atomic E-state index is 11.9. The highest BCUT2D eigenvalue weighted by atomic mass is 19.4. The predicted octanol–water partition coefficient (Wildman–Crippen LogP) is 3.93. The second-order valence-corrected chi connectivity index (χ2v) is 2.90. The van der Waals surface area contributed by atoms with Gasteiger partial charge in [-0.05, 0) is 6.42 Å². The molecule has 0 saturated carbocycles. The fourth-order valence-corrected chi connectivity index (χ4v) is 0.731. The van der Waals surface area contributed by atoms with E-state index in [4.69, 9.17) is 0 Å². The molecule has 0 heterocycles. The van der Waals surface area contributed by atoms with Crippen LogP contribution in [0.2, 0.25) is 0 Å². The Hall–Kier alpha value is -0.470. The molecular weight excluding hydrogens is 165 g/mol. The summed E-state index contributed by atoms with van der Waals surface area (Å²) >= 11 is 0. The highest BCUT2D eigenvalue weighted by molar-refractivity contribution is 4.89. The van der Waals surface area contributed by atoms with Gasteiger partial charge in [-0.1, -0.05) is 38.8 Å². The average molecular weight is 180 g/mol. The first-order chi connectivity index (χ1) is 5.48. The van der Waals surface area contributed by atoms with Gasteiger partial charge >= 0.3 is 6.18 Å². The van der Waals surface area contributed by atoms with Gasteiger partial charge in [0.2, 0.25) is 0 Å². The highest BCUT2D eigenvalue weighted by Gasteiger charge is 2.33. The van der Waals surface area contributed by atoms with Crippen molar-refractivity contribution in [1.82, 2.24) is 0 Å². The Labute approximate surface area is 71.5 Å². The summed E-state index contributed by atoms with van der Waals surface area (Å²) in [6.07, 6.45) is 1.49. The smallest absolute Gasteiger partial charge is 0.170 e. The van der Waals surface area contributed by atoms with E-state index in [1.54, 1.807) is 6.08 Å². The molecule has 1 atom stereocenters. The van der Waals surface area contributed by atoms with E-state index in [1.807, 2.05) is 6.92 Å². The van der Waals surface area contributed by atoms with Gasteiger partial charge in [-0.3, -0.25) is 0 Å². The van der Waals surface area contributed by atoms with Crippen molar-refractivity contribution in [1.29, 1.82) is 0 Å². The number of rotatable bonds is 4. The molecule has 0 spiro atoms. The Morgan fingerprint density at radius 2 is 1.92 bits per heavy atom. The van der Waals surface area contributed by atoms with Crippen molar-refractivity contribution in [2.45, 2.75) is 39.3 Å². The number of halogens is 3. The lowest BCUT2D eigenvalue weighted by atomic mass is 10.1. The predicted molar refractivity (Wildman–Crippen MR) is 43.9 cm³/mol. The molecule has 0 aliphatic carbocycles. The van der Waals surface area contributed by atoms with Crippen LogP contribution in [0.15, 0.2) is 12.2 Å². The van der Waals surface area contributed by atoms with E-state index >= 15 is 0 Å². The number of unbranched alkanes of at least 4 members (excludes halogenated alkanes) is 2. The minimum atomic E-state index is -4.08. The summed E-state index contributed by atoms with van der Waals surface area (Å²) in [5.74, 6) is -1.31. The molecule has 0 radical (unpaired) electrons. The summed E-state index contributed by atoms with van der Waals surface area (Å²) in [5.41, 5.74) is 0. The van der Waals surface area contributed by atoms with E-state index in [2.05, 4.69) is 0 Å². The third kappa shape index (κ3) is 5.22. The molecule has 0 amide bonds. The van der Waals surface area contributed by atoms with Crippen molar-refractivity contribution in [2.75, 3.05) is 0 Å². The lowest BCUT2D eigenvalue weighted by molar-refractivity contribution is -0.156. The fourth-order valence-electron chi connectivity index (χ4n) is 0.731. The summed E-state index contributed by atoms with van der Waals surface area (Å²) in [6, 6.07) is 0. The minimum Gasteiger partial charge on any atom is -0.170 e. The number of allylic oxidation sites excluding steroid dienone is 2. The van der Waals surface area contributed by atoms with E-state index in [9.17, 15) is 13.2 Å². The summed E-state index contributed by atoms with van der Waals surface area (Å²) < 4.78 is 35.7. The van der Waals surface area contributed by atoms with E-state index in [1.165, 1.54) is 13.0 Å². The monoisotopic (exact) mass is 180 g/mol. The van der Waals surface area contributed by atoms with Gasteiger partial charge in [0.1, 0.15) is 0 Å². The van der Waals surface area contributed by atoms with Gasteiger partial charge in [0.25, 0.3) is 0 Å². The highest BCUT2D eigenvalue weighted by Crippen LogP contribution is 2.26. The van der Waals surface area contributed by atoms with Crippen molar-refractivity contribution < 1.29 is 13.2 Å². The van der Waals surface area contributed by atoms with E-state index in [0.29, 0.717) is 0 Å². The Kier molecular flexibility index (Phi) is 5.02. The van der Waals surface area contributed by atoms with Gasteiger partial charge in [0.15, 0.2) is 0 Å². The molecule has 0 N–H and O–H groups in total. The molecule has 0 aromatic carbocycles. The number of hydrogen-bond acceptors (Lipinski definition) is 0. The standard InChI is InChI=1S/C9H15F3/c1-3-4-5-6-7-8(2)9(10,11)12/h6-8H,3-5H2,1-2H3/b7-6+. The first-order valence-corrected chi connectivity index (χ1v) is 4.21. The zero-order chi connectivity index (χ0) is 9.61. The summed E-state index contributed by atoms with van der Waals surface area (Å²) in [4.78, 5) is 0. The van der Waals surface area contributed by atoms with Gasteiger partial charge < -0.3 is 0 Å². The van der Waals surface area contributed by atoms with Crippen molar-refractivity contribution in [3.05, 3.63) is 12.2 Å². The SMILES string of the molecule is CCCC/C=C/C(C)C(F)(F)F. The molecule has 0 rings (SSSR count). The lowest BCUT2D eigenvalue weighted by Crippen LogP contribution is -2.17. The molecule has 0 fully saturated rings. The quantitative estimate of drug-likeness (QED) is 0.454. The summed E-state index contributed by atoms with van der Waals surface area (Å²) in [7, 11) is 0. The Morgan fingerprint density at radius 3 is 2.33 bits per heavy atom. The molecule has 0 aliphatic rings. The van der Waals surface area contributed by atoms with Crippen LogP contribution in [0, 0.1) is 5.92 Å². The molecule has 3 heteroatoms. The van der Waals surface area contributed by atoms with Crippen LogP contribution in [0.5, 0.6) is 0 Å². The van der Waals surface area contributed by atoms with Crippen LogP contribution in [-0.4, -0.2) is 6.18 Å². The zero-order valence-electron chi connectivity index (χ0n) is 7.49. The maximum absolute atomic E-state index is 11.9. The molecule has 0 aliphatic heterocycles. The summed E-state index contributed by atoms with van der Waals surface area (Å²) in [5, 5.41) is 0. The zero-order valence-corrected chi connectivity index (χ0v) is 7.49. The van der Waals surface area contributed by atoms with E-state index in [0.717, 1.165) is 19.3 Å². The van der Waals surface area contributed by atoms with E-state index in [-0.39, 0.29) is 0 Å². The van der Waals surface area contributed by atoms with Crippen LogP contribution in [0.4, 0.5) is 13.2 Å². The van der Waals surface area contributed by atoms with Crippen LogP contribution in [0.1, 0.15) is 33.1 Å². The normalized spacial score (nSPS) is 15.4. The largest absolute Gasteiger partial charge is 0.394 e. The average Bonchev–Trinajstić information content (AvgIpc) is 1.96. The van der Waals surface area contributed by atoms with Crippen LogP contribution in [0.3, 0.4) is 0 Å². The topological polar surface area (TPSA) is 0 Å². The molecule has 0 bridgehead atoms. The molecular formula is C9H15F3. The number of hydrogen-bond donors (Lipinski definition) is 0. The molecule has 0 aromatic heterocycles. The third-order valence-electron chi connectivity index (χ3n) is 1.67. The van der Waals surface area contributed by atoms with Crippen LogP contribution < -0.4 is 0 Å². The summed E-state index contributed by atoms with van der Waals surface area (Å²) in [6.45, 7) is 3.18. The van der Waals surface area contributed by atoms with E-state index < -0.39 is 12.1 Å². The van der Waals surface area contributed by atoms with Gasteiger partial charge in [-0.15, -0.1) is 0 Å². The lowest BCUT2D eigenvalue weighted by Gasteiger charge is -2.10. The van der Waals surface area contributed by atoms with Crippen molar-refractivity contribution >= 4 is 0 Å². The van der Waals surface area contributed by atoms with Crippen LogP contribution >= 0.6 is 0 Å². The molecule has 1 unspecified atom stereocenters. The van der Waals surface area contributed by atoms with Gasteiger partial charge in [-0.2, -0.15) is 13.2 Å². The maximum Gasteiger partial charge on any atom is 0.394 e. The minimum absolute atomic E-state index is 0.747. The first kappa shape index (κ1) is 11.5. The van der Waals surface area contributed by atoms with Gasteiger partial charge in [0.05, 0.1) is 5.92 Å². The Morgan fingerprint density at radius 1 is 1.33 bits per heavy atom. The second-order valence-electron chi connectivity index (χ2n) is 2.90. The molecule has 0 nitrogen and oxygen atoms in total. The Balaban J connectivity index is 3.68. The van der Waals surface area contributed by atoms with Gasteiger partial charge in [0, 0.05) is 0 Å². The molecule has 0 aromatic rings. The van der Waals surface area contributed by atoms with Gasteiger partial charge in [-0.25, -0.2) is 0 Å². The van der Waals surface area contributed by atoms with Crippen molar-refractivity contribution in [2.24, 2.45) is 5.92 Å².